The van der Waals surface area contributed by atoms with E-state index in [9.17, 15) is 13.5 Å². The molecule has 20 heavy (non-hydrogen) atoms. The first-order valence-electron chi connectivity index (χ1n) is 6.24. The Labute approximate surface area is 120 Å². The Morgan fingerprint density at radius 3 is 2.35 bits per heavy atom. The topological polar surface area (TPSA) is 76.1 Å². The van der Waals surface area contributed by atoms with Gasteiger partial charge < -0.3 is 14.6 Å². The molecule has 6 nitrogen and oxygen atoms in total. The van der Waals surface area contributed by atoms with Crippen LogP contribution in [0, 0.1) is 0 Å². The molecule has 114 valence electrons. The quantitative estimate of drug-likeness (QED) is 0.820. The molecule has 1 aromatic carbocycles. The van der Waals surface area contributed by atoms with Crippen LogP contribution in [0.5, 0.6) is 11.5 Å². The van der Waals surface area contributed by atoms with Crippen LogP contribution >= 0.6 is 0 Å². The predicted octanol–water partition coefficient (Wildman–Crippen LogP) is 1.23. The maximum absolute atomic E-state index is 12.4. The van der Waals surface area contributed by atoms with E-state index in [1.165, 1.54) is 37.7 Å². The lowest BCUT2D eigenvalue weighted by atomic mass is 10.2. The molecule has 0 fully saturated rings. The van der Waals surface area contributed by atoms with Crippen LogP contribution in [-0.2, 0) is 16.6 Å². The summed E-state index contributed by atoms with van der Waals surface area (Å²) in [4.78, 5) is 0.0788. The van der Waals surface area contributed by atoms with E-state index >= 15 is 0 Å². The number of hydrogen-bond donors (Lipinski definition) is 1. The summed E-state index contributed by atoms with van der Waals surface area (Å²) in [6.07, 6.45) is 0.718. The molecule has 0 amide bonds. The van der Waals surface area contributed by atoms with Gasteiger partial charge in [-0.05, 0) is 12.5 Å². The van der Waals surface area contributed by atoms with Crippen molar-refractivity contribution >= 4 is 10.0 Å². The second-order valence-electron chi connectivity index (χ2n) is 4.30. The van der Waals surface area contributed by atoms with Crippen LogP contribution in [0.1, 0.15) is 18.9 Å². The Hall–Kier alpha value is -1.31. The third-order valence-corrected chi connectivity index (χ3v) is 4.78. The van der Waals surface area contributed by atoms with Gasteiger partial charge in [0.25, 0.3) is 0 Å². The molecule has 0 saturated carbocycles. The van der Waals surface area contributed by atoms with E-state index in [0.717, 1.165) is 6.42 Å². The SMILES string of the molecule is CCCN(C)S(=O)(=O)c1cc(CO)c(OC)c(OC)c1. The number of ether oxygens (including phenoxy) is 2. The van der Waals surface area contributed by atoms with E-state index in [1.54, 1.807) is 0 Å². The summed E-state index contributed by atoms with van der Waals surface area (Å²) in [6, 6.07) is 2.81. The highest BCUT2D eigenvalue weighted by Gasteiger charge is 2.23. The zero-order chi connectivity index (χ0) is 15.3. The van der Waals surface area contributed by atoms with Gasteiger partial charge in [0.15, 0.2) is 11.5 Å². The highest BCUT2D eigenvalue weighted by atomic mass is 32.2. The monoisotopic (exact) mass is 303 g/mol. The van der Waals surface area contributed by atoms with Gasteiger partial charge in [-0.3, -0.25) is 0 Å². The van der Waals surface area contributed by atoms with Gasteiger partial charge in [0, 0.05) is 25.2 Å². The summed E-state index contributed by atoms with van der Waals surface area (Å²) < 4.78 is 36.4. The fourth-order valence-electron chi connectivity index (χ4n) is 1.90. The first kappa shape index (κ1) is 16.7. The number of nitrogens with zero attached hydrogens (tertiary/aromatic N) is 1. The molecule has 0 bridgehead atoms. The number of hydrogen-bond acceptors (Lipinski definition) is 5. The van der Waals surface area contributed by atoms with E-state index in [-0.39, 0.29) is 17.3 Å². The molecule has 0 radical (unpaired) electrons. The van der Waals surface area contributed by atoms with Crippen molar-refractivity contribution in [1.82, 2.24) is 4.31 Å². The summed E-state index contributed by atoms with van der Waals surface area (Å²) in [5.41, 5.74) is 0.371. The molecule has 0 aliphatic heterocycles. The maximum Gasteiger partial charge on any atom is 0.242 e. The van der Waals surface area contributed by atoms with Gasteiger partial charge in [0.1, 0.15) is 0 Å². The van der Waals surface area contributed by atoms with Gasteiger partial charge in [-0.15, -0.1) is 0 Å². The van der Waals surface area contributed by atoms with E-state index in [4.69, 9.17) is 9.47 Å². The average Bonchev–Trinajstić information content (AvgIpc) is 2.45. The molecular formula is C13H21NO5S. The molecule has 0 aromatic heterocycles. The molecule has 0 unspecified atom stereocenters. The van der Waals surface area contributed by atoms with Crippen LogP contribution in [0.3, 0.4) is 0 Å². The largest absolute Gasteiger partial charge is 0.493 e. The van der Waals surface area contributed by atoms with Gasteiger partial charge in [-0.1, -0.05) is 6.92 Å². The zero-order valence-electron chi connectivity index (χ0n) is 12.2. The molecular weight excluding hydrogens is 282 g/mol. The Morgan fingerprint density at radius 1 is 1.25 bits per heavy atom. The molecule has 7 heteroatoms. The van der Waals surface area contributed by atoms with Crippen LogP contribution in [-0.4, -0.2) is 45.6 Å². The minimum atomic E-state index is -3.60. The molecule has 0 heterocycles. The summed E-state index contributed by atoms with van der Waals surface area (Å²) in [5.74, 6) is 0.620. The first-order chi connectivity index (χ1) is 9.42. The van der Waals surface area contributed by atoms with Gasteiger partial charge in [0.2, 0.25) is 10.0 Å². The molecule has 1 N–H and O–H groups in total. The lowest BCUT2D eigenvalue weighted by Crippen LogP contribution is -2.27. The fraction of sp³-hybridized carbons (Fsp3) is 0.538. The fourth-order valence-corrected chi connectivity index (χ4v) is 3.23. The van der Waals surface area contributed by atoms with Crippen molar-refractivity contribution in [2.45, 2.75) is 24.8 Å². The third kappa shape index (κ3) is 3.23. The van der Waals surface area contributed by atoms with Crippen molar-refractivity contribution < 1.29 is 23.0 Å². The minimum Gasteiger partial charge on any atom is -0.493 e. The minimum absolute atomic E-state index is 0.0788. The smallest absolute Gasteiger partial charge is 0.242 e. The number of aliphatic hydroxyl groups is 1. The second kappa shape index (κ2) is 6.92. The molecule has 0 saturated heterocycles. The summed E-state index contributed by atoms with van der Waals surface area (Å²) in [5, 5.41) is 9.36. The van der Waals surface area contributed by atoms with Crippen molar-refractivity contribution in [1.29, 1.82) is 0 Å². The number of benzene rings is 1. The summed E-state index contributed by atoms with van der Waals surface area (Å²) in [6.45, 7) is 1.99. The maximum atomic E-state index is 12.4. The third-order valence-electron chi connectivity index (χ3n) is 2.95. The number of rotatable bonds is 7. The lowest BCUT2D eigenvalue weighted by Gasteiger charge is -2.19. The summed E-state index contributed by atoms with van der Waals surface area (Å²) >= 11 is 0. The van der Waals surface area contributed by atoms with Crippen molar-refractivity contribution in [2.24, 2.45) is 0 Å². The first-order valence-corrected chi connectivity index (χ1v) is 7.68. The van der Waals surface area contributed by atoms with Crippen LogP contribution in [0.4, 0.5) is 0 Å². The Balaban J connectivity index is 3.39. The molecule has 1 rings (SSSR count). The zero-order valence-corrected chi connectivity index (χ0v) is 13.0. The van der Waals surface area contributed by atoms with E-state index in [2.05, 4.69) is 0 Å². The Kier molecular flexibility index (Phi) is 5.79. The average molecular weight is 303 g/mol. The Morgan fingerprint density at radius 2 is 1.90 bits per heavy atom. The van der Waals surface area contributed by atoms with Crippen molar-refractivity contribution in [3.05, 3.63) is 17.7 Å². The normalized spacial score (nSPS) is 11.7. The van der Waals surface area contributed by atoms with E-state index in [0.29, 0.717) is 17.9 Å². The number of aliphatic hydroxyl groups excluding tert-OH is 1. The molecule has 0 aliphatic carbocycles. The number of sulfonamides is 1. The van der Waals surface area contributed by atoms with Crippen molar-refractivity contribution in [3.63, 3.8) is 0 Å². The predicted molar refractivity (Wildman–Crippen MR) is 75.6 cm³/mol. The van der Waals surface area contributed by atoms with Gasteiger partial charge in [-0.2, -0.15) is 0 Å². The van der Waals surface area contributed by atoms with Crippen LogP contribution in [0.2, 0.25) is 0 Å². The standard InChI is InChI=1S/C13H21NO5S/c1-5-6-14(2)20(16,17)11-7-10(9-15)13(19-4)12(8-11)18-3/h7-8,15H,5-6,9H2,1-4H3. The van der Waals surface area contributed by atoms with Gasteiger partial charge in [-0.25, -0.2) is 12.7 Å². The summed E-state index contributed by atoms with van der Waals surface area (Å²) in [7, 11) is 0.778. The van der Waals surface area contributed by atoms with Crippen LogP contribution < -0.4 is 9.47 Å². The molecule has 0 spiro atoms. The van der Waals surface area contributed by atoms with Gasteiger partial charge >= 0.3 is 0 Å². The molecule has 0 atom stereocenters. The van der Waals surface area contributed by atoms with Gasteiger partial charge in [0.05, 0.1) is 25.7 Å². The molecule has 1 aromatic rings. The van der Waals surface area contributed by atoms with Crippen molar-refractivity contribution in [2.75, 3.05) is 27.8 Å². The van der Waals surface area contributed by atoms with Crippen LogP contribution in [0.15, 0.2) is 17.0 Å². The highest BCUT2D eigenvalue weighted by Crippen LogP contribution is 2.34. The molecule has 0 aliphatic rings. The Bertz CT molecular complexity index is 531. The van der Waals surface area contributed by atoms with E-state index in [1.807, 2.05) is 6.92 Å². The van der Waals surface area contributed by atoms with E-state index < -0.39 is 10.0 Å². The lowest BCUT2D eigenvalue weighted by molar-refractivity contribution is 0.269. The highest BCUT2D eigenvalue weighted by molar-refractivity contribution is 7.89. The second-order valence-corrected chi connectivity index (χ2v) is 6.35. The van der Waals surface area contributed by atoms with Crippen molar-refractivity contribution in [3.8, 4) is 11.5 Å². The van der Waals surface area contributed by atoms with Crippen LogP contribution in [0.25, 0.3) is 0 Å². The number of methoxy groups -OCH3 is 2.